The second-order valence-electron chi connectivity index (χ2n) is 5.35. The molecule has 0 bridgehead atoms. The summed E-state index contributed by atoms with van der Waals surface area (Å²) < 4.78 is 11.1. The zero-order chi connectivity index (χ0) is 15.6. The Kier molecular flexibility index (Phi) is 6.94. The summed E-state index contributed by atoms with van der Waals surface area (Å²) in [7, 11) is 1.73. The maximum atomic E-state index is 6.02. The van der Waals surface area contributed by atoms with Crippen LogP contribution in [-0.4, -0.2) is 20.3 Å². The van der Waals surface area contributed by atoms with Crippen molar-refractivity contribution in [2.24, 2.45) is 0 Å². The Hall–Kier alpha value is -1.84. The smallest absolute Gasteiger partial charge is 0.124 e. The molecule has 3 heteroatoms. The molecule has 2 rings (SSSR count). The average Bonchev–Trinajstić information content (AvgIpc) is 2.55. The molecule has 118 valence electrons. The summed E-state index contributed by atoms with van der Waals surface area (Å²) in [5.41, 5.74) is 3.68. The lowest BCUT2D eigenvalue weighted by molar-refractivity contribution is 0.194. The SMILES string of the molecule is COCCCNCc1ccccc1OCc1ccccc1C. The van der Waals surface area contributed by atoms with Gasteiger partial charge in [-0.15, -0.1) is 0 Å². The van der Waals surface area contributed by atoms with Crippen LogP contribution in [0.4, 0.5) is 0 Å². The van der Waals surface area contributed by atoms with Gasteiger partial charge in [0, 0.05) is 25.8 Å². The van der Waals surface area contributed by atoms with Crippen molar-refractivity contribution in [1.29, 1.82) is 0 Å². The number of nitrogens with one attached hydrogen (secondary N) is 1. The molecule has 0 aliphatic heterocycles. The van der Waals surface area contributed by atoms with E-state index in [2.05, 4.69) is 42.6 Å². The van der Waals surface area contributed by atoms with Crippen molar-refractivity contribution < 1.29 is 9.47 Å². The molecule has 2 aromatic rings. The molecule has 22 heavy (non-hydrogen) atoms. The summed E-state index contributed by atoms with van der Waals surface area (Å²) in [5, 5.41) is 3.43. The van der Waals surface area contributed by atoms with E-state index in [4.69, 9.17) is 9.47 Å². The molecule has 0 aliphatic carbocycles. The molecule has 0 spiro atoms. The molecule has 0 atom stereocenters. The standard InChI is InChI=1S/C19H25NO2/c1-16-8-3-4-10-18(16)15-22-19-11-6-5-9-17(19)14-20-12-7-13-21-2/h3-6,8-11,20H,7,12-15H2,1-2H3. The van der Waals surface area contributed by atoms with E-state index in [9.17, 15) is 0 Å². The van der Waals surface area contributed by atoms with Gasteiger partial charge >= 0.3 is 0 Å². The maximum absolute atomic E-state index is 6.02. The highest BCUT2D eigenvalue weighted by Crippen LogP contribution is 2.20. The lowest BCUT2D eigenvalue weighted by Crippen LogP contribution is -2.16. The van der Waals surface area contributed by atoms with E-state index in [1.807, 2.05) is 18.2 Å². The summed E-state index contributed by atoms with van der Waals surface area (Å²) >= 11 is 0. The third kappa shape index (κ3) is 5.17. The Bertz CT molecular complexity index is 569. The minimum Gasteiger partial charge on any atom is -0.489 e. The van der Waals surface area contributed by atoms with E-state index in [-0.39, 0.29) is 0 Å². The Balaban J connectivity index is 1.89. The van der Waals surface area contributed by atoms with E-state index < -0.39 is 0 Å². The van der Waals surface area contributed by atoms with Crippen molar-refractivity contribution in [3.05, 3.63) is 65.2 Å². The molecule has 0 fully saturated rings. The van der Waals surface area contributed by atoms with Gasteiger partial charge in [0.05, 0.1) is 0 Å². The summed E-state index contributed by atoms with van der Waals surface area (Å²) in [6.07, 6.45) is 1.02. The Morgan fingerprint density at radius 1 is 0.955 bits per heavy atom. The van der Waals surface area contributed by atoms with Crippen molar-refractivity contribution in [2.75, 3.05) is 20.3 Å². The van der Waals surface area contributed by atoms with Crippen molar-refractivity contribution in [3.8, 4) is 5.75 Å². The van der Waals surface area contributed by atoms with Crippen LogP contribution in [0.2, 0.25) is 0 Å². The van der Waals surface area contributed by atoms with Crippen LogP contribution in [0.25, 0.3) is 0 Å². The van der Waals surface area contributed by atoms with Gasteiger partial charge in [-0.05, 0) is 37.1 Å². The Labute approximate surface area is 133 Å². The summed E-state index contributed by atoms with van der Waals surface area (Å²) in [5.74, 6) is 0.949. The van der Waals surface area contributed by atoms with Crippen molar-refractivity contribution in [2.45, 2.75) is 26.5 Å². The van der Waals surface area contributed by atoms with Crippen molar-refractivity contribution in [1.82, 2.24) is 5.32 Å². The number of rotatable bonds is 9. The van der Waals surface area contributed by atoms with Gasteiger partial charge in [-0.25, -0.2) is 0 Å². The van der Waals surface area contributed by atoms with E-state index in [1.54, 1.807) is 7.11 Å². The topological polar surface area (TPSA) is 30.5 Å². The average molecular weight is 299 g/mol. The molecule has 0 heterocycles. The monoisotopic (exact) mass is 299 g/mol. The third-order valence-corrected chi connectivity index (χ3v) is 3.63. The first kappa shape index (κ1) is 16.5. The van der Waals surface area contributed by atoms with Gasteiger partial charge < -0.3 is 14.8 Å². The Morgan fingerprint density at radius 2 is 1.68 bits per heavy atom. The van der Waals surface area contributed by atoms with Crippen LogP contribution in [0.5, 0.6) is 5.75 Å². The van der Waals surface area contributed by atoms with E-state index in [1.165, 1.54) is 16.7 Å². The van der Waals surface area contributed by atoms with Crippen molar-refractivity contribution >= 4 is 0 Å². The van der Waals surface area contributed by atoms with Crippen LogP contribution in [0.1, 0.15) is 23.1 Å². The maximum Gasteiger partial charge on any atom is 0.124 e. The number of methoxy groups -OCH3 is 1. The van der Waals surface area contributed by atoms with Gasteiger partial charge in [0.2, 0.25) is 0 Å². The number of benzene rings is 2. The molecule has 0 saturated carbocycles. The molecule has 0 amide bonds. The zero-order valence-electron chi connectivity index (χ0n) is 13.5. The number of ether oxygens (including phenoxy) is 2. The Morgan fingerprint density at radius 3 is 2.45 bits per heavy atom. The molecule has 0 unspecified atom stereocenters. The zero-order valence-corrected chi connectivity index (χ0v) is 13.5. The summed E-state index contributed by atoms with van der Waals surface area (Å²) in [6.45, 7) is 5.27. The van der Waals surface area contributed by atoms with Crippen LogP contribution in [0.15, 0.2) is 48.5 Å². The van der Waals surface area contributed by atoms with Gasteiger partial charge in [0.15, 0.2) is 0 Å². The number of hydrogen-bond acceptors (Lipinski definition) is 3. The largest absolute Gasteiger partial charge is 0.489 e. The first-order chi connectivity index (χ1) is 10.8. The molecule has 2 aromatic carbocycles. The highest BCUT2D eigenvalue weighted by Gasteiger charge is 2.04. The number of hydrogen-bond donors (Lipinski definition) is 1. The normalized spacial score (nSPS) is 10.6. The molecule has 1 N–H and O–H groups in total. The van der Waals surface area contributed by atoms with Crippen LogP contribution in [0.3, 0.4) is 0 Å². The lowest BCUT2D eigenvalue weighted by atomic mass is 10.1. The quantitative estimate of drug-likeness (QED) is 0.716. The van der Waals surface area contributed by atoms with Gasteiger partial charge in [-0.2, -0.15) is 0 Å². The third-order valence-electron chi connectivity index (χ3n) is 3.63. The highest BCUT2D eigenvalue weighted by atomic mass is 16.5. The fraction of sp³-hybridized carbons (Fsp3) is 0.368. The molecule has 0 aromatic heterocycles. The number of para-hydroxylation sites is 1. The van der Waals surface area contributed by atoms with Crippen molar-refractivity contribution in [3.63, 3.8) is 0 Å². The number of aryl methyl sites for hydroxylation is 1. The van der Waals surface area contributed by atoms with Gasteiger partial charge in [0.1, 0.15) is 12.4 Å². The molecule has 0 radical (unpaired) electrons. The minimum absolute atomic E-state index is 0.605. The molecule has 3 nitrogen and oxygen atoms in total. The van der Waals surface area contributed by atoms with Crippen LogP contribution < -0.4 is 10.1 Å². The minimum atomic E-state index is 0.605. The second-order valence-corrected chi connectivity index (χ2v) is 5.35. The first-order valence-corrected chi connectivity index (χ1v) is 7.76. The van der Waals surface area contributed by atoms with E-state index >= 15 is 0 Å². The predicted octanol–water partition coefficient (Wildman–Crippen LogP) is 3.70. The summed E-state index contributed by atoms with van der Waals surface area (Å²) in [4.78, 5) is 0. The second kappa shape index (κ2) is 9.23. The highest BCUT2D eigenvalue weighted by molar-refractivity contribution is 5.34. The molecular weight excluding hydrogens is 274 g/mol. The van der Waals surface area contributed by atoms with Gasteiger partial charge in [-0.3, -0.25) is 0 Å². The van der Waals surface area contributed by atoms with Gasteiger partial charge in [-0.1, -0.05) is 42.5 Å². The fourth-order valence-electron chi connectivity index (χ4n) is 2.28. The van der Waals surface area contributed by atoms with Crippen LogP contribution in [0, 0.1) is 6.92 Å². The van der Waals surface area contributed by atoms with Gasteiger partial charge in [0.25, 0.3) is 0 Å². The van der Waals surface area contributed by atoms with E-state index in [0.717, 1.165) is 31.9 Å². The molecular formula is C19H25NO2. The van der Waals surface area contributed by atoms with Crippen LogP contribution >= 0.6 is 0 Å². The first-order valence-electron chi connectivity index (χ1n) is 7.76. The predicted molar refractivity (Wildman–Crippen MR) is 90.2 cm³/mol. The summed E-state index contributed by atoms with van der Waals surface area (Å²) in [6, 6.07) is 16.5. The van der Waals surface area contributed by atoms with Crippen LogP contribution in [-0.2, 0) is 17.9 Å². The van der Waals surface area contributed by atoms with E-state index in [0.29, 0.717) is 6.61 Å². The fourth-order valence-corrected chi connectivity index (χ4v) is 2.28. The molecule has 0 saturated heterocycles. The molecule has 0 aliphatic rings. The lowest BCUT2D eigenvalue weighted by Gasteiger charge is -2.13.